The zero-order valence-electron chi connectivity index (χ0n) is 16.3. The largest absolute Gasteiger partial charge is 0.454 e. The molecule has 0 unspecified atom stereocenters. The van der Waals surface area contributed by atoms with Crippen LogP contribution in [0.15, 0.2) is 60.4 Å². The van der Waals surface area contributed by atoms with Crippen molar-refractivity contribution in [3.05, 3.63) is 87.6 Å². The average molecular weight is 435 g/mol. The molecule has 5 rings (SSSR count). The number of hydrogen-bond acceptors (Lipinski definition) is 6. The Morgan fingerprint density at radius 3 is 2.61 bits per heavy atom. The van der Waals surface area contributed by atoms with Crippen LogP contribution in [-0.4, -0.2) is 18.5 Å². The molecule has 6 nitrogen and oxygen atoms in total. The van der Waals surface area contributed by atoms with Gasteiger partial charge in [0.15, 0.2) is 17.3 Å². The highest BCUT2D eigenvalue weighted by atomic mass is 35.5. The Morgan fingerprint density at radius 2 is 1.81 bits per heavy atom. The van der Waals surface area contributed by atoms with Crippen molar-refractivity contribution in [2.75, 3.05) is 6.79 Å². The second-order valence-corrected chi connectivity index (χ2v) is 7.45. The third-order valence-corrected chi connectivity index (χ3v) is 5.27. The van der Waals surface area contributed by atoms with Crippen molar-refractivity contribution in [3.63, 3.8) is 0 Å². The molecule has 0 amide bonds. The number of ketones is 1. The number of rotatable bonds is 3. The fourth-order valence-electron chi connectivity index (χ4n) is 3.38. The van der Waals surface area contributed by atoms with Crippen LogP contribution in [0.1, 0.15) is 31.8 Å². The van der Waals surface area contributed by atoms with Crippen LogP contribution >= 0.6 is 11.6 Å². The Hall–Kier alpha value is -3.77. The highest BCUT2D eigenvalue weighted by molar-refractivity contribution is 6.30. The third kappa shape index (κ3) is 3.51. The van der Waals surface area contributed by atoms with E-state index in [1.54, 1.807) is 61.5 Å². The van der Waals surface area contributed by atoms with E-state index in [1.807, 2.05) is 6.07 Å². The van der Waals surface area contributed by atoms with E-state index in [0.717, 1.165) is 5.56 Å². The lowest BCUT2D eigenvalue weighted by Crippen LogP contribution is -2.09. The fraction of sp³-hybridized carbons (Fsp3) is 0.0833. The zero-order chi connectivity index (χ0) is 21.5. The Morgan fingerprint density at radius 1 is 1.03 bits per heavy atom. The maximum Gasteiger partial charge on any atom is 0.343 e. The van der Waals surface area contributed by atoms with E-state index in [-0.39, 0.29) is 18.3 Å². The standard InChI is InChI=1S/C24H15ClO6/c1-13-18(31-24(27)15-3-5-16(25)6-4-15)9-7-17-22(26)21(30-23(13)17)11-14-2-8-19-20(10-14)29-12-28-19/h2-11H,12H2,1H3/b21-11-. The topological polar surface area (TPSA) is 71.1 Å². The van der Waals surface area contributed by atoms with Crippen molar-refractivity contribution in [3.8, 4) is 23.0 Å². The van der Waals surface area contributed by atoms with Gasteiger partial charge in [-0.3, -0.25) is 4.79 Å². The van der Waals surface area contributed by atoms with Gasteiger partial charge in [-0.2, -0.15) is 0 Å². The number of carbonyl (C=O) groups excluding carboxylic acids is 2. The van der Waals surface area contributed by atoms with E-state index in [4.69, 9.17) is 30.5 Å². The minimum atomic E-state index is -0.528. The first kappa shape index (κ1) is 19.2. The van der Waals surface area contributed by atoms with Crippen molar-refractivity contribution >= 4 is 29.4 Å². The minimum Gasteiger partial charge on any atom is -0.454 e. The van der Waals surface area contributed by atoms with Crippen molar-refractivity contribution < 1.29 is 28.5 Å². The second kappa shape index (κ2) is 7.49. The number of allylic oxidation sites excluding steroid dienone is 1. The molecule has 2 aliphatic rings. The van der Waals surface area contributed by atoms with Gasteiger partial charge < -0.3 is 18.9 Å². The highest BCUT2D eigenvalue weighted by Crippen LogP contribution is 2.40. The summed E-state index contributed by atoms with van der Waals surface area (Å²) >= 11 is 5.86. The number of fused-ring (bicyclic) bond motifs is 2. The molecule has 0 fully saturated rings. The summed E-state index contributed by atoms with van der Waals surface area (Å²) in [5.41, 5.74) is 2.08. The highest BCUT2D eigenvalue weighted by Gasteiger charge is 2.30. The van der Waals surface area contributed by atoms with Crippen LogP contribution < -0.4 is 18.9 Å². The van der Waals surface area contributed by atoms with Gasteiger partial charge in [0.2, 0.25) is 12.6 Å². The van der Waals surface area contributed by atoms with Crippen molar-refractivity contribution in [1.29, 1.82) is 0 Å². The molecule has 2 aliphatic heterocycles. The smallest absolute Gasteiger partial charge is 0.343 e. The molecule has 0 atom stereocenters. The molecule has 31 heavy (non-hydrogen) atoms. The monoisotopic (exact) mass is 434 g/mol. The quantitative estimate of drug-likeness (QED) is 0.320. The number of esters is 1. The SMILES string of the molecule is Cc1c(OC(=O)c2ccc(Cl)cc2)ccc2c1O/C(=C\c1ccc3c(c1)OCO3)C2=O. The molecule has 0 radical (unpaired) electrons. The molecule has 0 spiro atoms. The van der Waals surface area contributed by atoms with Crippen molar-refractivity contribution in [2.24, 2.45) is 0 Å². The van der Waals surface area contributed by atoms with Crippen LogP contribution in [0, 0.1) is 6.92 Å². The molecule has 0 saturated heterocycles. The van der Waals surface area contributed by atoms with Gasteiger partial charge in [-0.1, -0.05) is 17.7 Å². The molecule has 0 saturated carbocycles. The van der Waals surface area contributed by atoms with Gasteiger partial charge in [0.1, 0.15) is 11.5 Å². The first-order valence-electron chi connectivity index (χ1n) is 9.45. The average Bonchev–Trinajstić information content (AvgIpc) is 3.35. The number of halogens is 1. The zero-order valence-corrected chi connectivity index (χ0v) is 17.1. The van der Waals surface area contributed by atoms with Crippen LogP contribution in [0.2, 0.25) is 5.02 Å². The fourth-order valence-corrected chi connectivity index (χ4v) is 3.50. The molecule has 7 heteroatoms. The number of benzene rings is 3. The number of carbonyl (C=O) groups is 2. The summed E-state index contributed by atoms with van der Waals surface area (Å²) in [6.07, 6.45) is 1.64. The predicted octanol–water partition coefficient (Wildman–Crippen LogP) is 5.21. The van der Waals surface area contributed by atoms with E-state index in [1.165, 1.54) is 0 Å². The first-order valence-corrected chi connectivity index (χ1v) is 9.82. The van der Waals surface area contributed by atoms with Gasteiger partial charge in [-0.25, -0.2) is 4.79 Å². The second-order valence-electron chi connectivity index (χ2n) is 7.01. The molecule has 2 heterocycles. The summed E-state index contributed by atoms with van der Waals surface area (Å²) in [5, 5.41) is 0.527. The molecule has 3 aromatic rings. The normalized spacial score (nSPS) is 15.0. The number of hydrogen-bond donors (Lipinski definition) is 0. The maximum absolute atomic E-state index is 12.8. The predicted molar refractivity (Wildman–Crippen MR) is 113 cm³/mol. The Labute approximate surface area is 182 Å². The summed E-state index contributed by atoms with van der Waals surface area (Å²) in [5.74, 6) is 1.37. The van der Waals surface area contributed by atoms with Gasteiger partial charge in [0, 0.05) is 10.6 Å². The van der Waals surface area contributed by atoms with Gasteiger partial charge in [0.05, 0.1) is 11.1 Å². The van der Waals surface area contributed by atoms with Crippen LogP contribution in [0.3, 0.4) is 0 Å². The summed E-state index contributed by atoms with van der Waals surface area (Å²) < 4.78 is 22.0. The van der Waals surface area contributed by atoms with E-state index in [2.05, 4.69) is 0 Å². The van der Waals surface area contributed by atoms with Crippen LogP contribution in [-0.2, 0) is 0 Å². The minimum absolute atomic E-state index is 0.174. The lowest BCUT2D eigenvalue weighted by atomic mass is 10.1. The Bertz CT molecular complexity index is 1260. The van der Waals surface area contributed by atoms with Gasteiger partial charge in [-0.15, -0.1) is 0 Å². The van der Waals surface area contributed by atoms with Crippen molar-refractivity contribution in [2.45, 2.75) is 6.92 Å². The molecular weight excluding hydrogens is 420 g/mol. The molecule has 0 aromatic heterocycles. The lowest BCUT2D eigenvalue weighted by Gasteiger charge is -2.10. The molecule has 0 N–H and O–H groups in total. The van der Waals surface area contributed by atoms with Gasteiger partial charge >= 0.3 is 5.97 Å². The Kier molecular flexibility index (Phi) is 4.64. The Balaban J connectivity index is 1.41. The maximum atomic E-state index is 12.8. The molecule has 3 aromatic carbocycles. The molecule has 154 valence electrons. The van der Waals surface area contributed by atoms with E-state index in [0.29, 0.717) is 44.7 Å². The van der Waals surface area contributed by atoms with Crippen LogP contribution in [0.5, 0.6) is 23.0 Å². The van der Waals surface area contributed by atoms with Crippen LogP contribution in [0.25, 0.3) is 6.08 Å². The van der Waals surface area contributed by atoms with Gasteiger partial charge in [-0.05, 0) is 67.1 Å². The van der Waals surface area contributed by atoms with Crippen molar-refractivity contribution in [1.82, 2.24) is 0 Å². The molecule has 0 bridgehead atoms. The lowest BCUT2D eigenvalue weighted by molar-refractivity contribution is 0.0733. The van der Waals surface area contributed by atoms with E-state index >= 15 is 0 Å². The van der Waals surface area contributed by atoms with Crippen LogP contribution in [0.4, 0.5) is 0 Å². The van der Waals surface area contributed by atoms with E-state index in [9.17, 15) is 9.59 Å². The first-order chi connectivity index (χ1) is 15.0. The summed E-state index contributed by atoms with van der Waals surface area (Å²) in [4.78, 5) is 25.2. The third-order valence-electron chi connectivity index (χ3n) is 5.01. The van der Waals surface area contributed by atoms with Gasteiger partial charge in [0.25, 0.3) is 0 Å². The number of ether oxygens (including phenoxy) is 4. The number of Topliss-reactive ketones (excluding diaryl/α,β-unsaturated/α-hetero) is 1. The summed E-state index contributed by atoms with van der Waals surface area (Å²) in [6.45, 7) is 1.91. The summed E-state index contributed by atoms with van der Waals surface area (Å²) in [6, 6.07) is 14.9. The molecular formula is C24H15ClO6. The summed E-state index contributed by atoms with van der Waals surface area (Å²) in [7, 11) is 0. The molecule has 0 aliphatic carbocycles. The van der Waals surface area contributed by atoms with E-state index < -0.39 is 5.97 Å².